The molecule has 0 saturated carbocycles. The fraction of sp³-hybridized carbons (Fsp3) is 0.611. The van der Waals surface area contributed by atoms with Crippen LogP contribution in [0.4, 0.5) is 5.69 Å². The number of aliphatic hydroxyl groups excluding tert-OH is 1. The van der Waals surface area contributed by atoms with Gasteiger partial charge in [-0.1, -0.05) is 26.0 Å². The molecule has 0 radical (unpaired) electrons. The Hall–Kier alpha value is -1.43. The largest absolute Gasteiger partial charge is 0.392 e. The summed E-state index contributed by atoms with van der Waals surface area (Å²) in [4.78, 5) is 14.3. The van der Waals surface area contributed by atoms with Gasteiger partial charge in [0.2, 0.25) is 5.91 Å². The second-order valence-corrected chi connectivity index (χ2v) is 6.51. The Morgan fingerprint density at radius 3 is 2.39 bits per heavy atom. The third kappa shape index (κ3) is 5.30. The van der Waals surface area contributed by atoms with Gasteiger partial charge in [-0.15, -0.1) is 0 Å². The van der Waals surface area contributed by atoms with Crippen molar-refractivity contribution in [2.75, 3.05) is 31.6 Å². The molecule has 1 aromatic rings. The van der Waals surface area contributed by atoms with Gasteiger partial charge in [-0.2, -0.15) is 0 Å². The predicted octanol–water partition coefficient (Wildman–Crippen LogP) is 2.43. The van der Waals surface area contributed by atoms with Crippen molar-refractivity contribution in [1.29, 1.82) is 0 Å². The Morgan fingerprint density at radius 1 is 1.22 bits per heavy atom. The second kappa shape index (κ2) is 8.43. The summed E-state index contributed by atoms with van der Waals surface area (Å²) in [6.45, 7) is 9.48. The van der Waals surface area contributed by atoms with Crippen LogP contribution in [0.15, 0.2) is 24.3 Å². The number of aliphatic hydroxyl groups is 1. The lowest BCUT2D eigenvalue weighted by atomic mass is 10.0. The molecule has 5 nitrogen and oxygen atoms in total. The Bertz CT molecular complexity index is 495. The first-order valence-electron chi connectivity index (χ1n) is 8.37. The van der Waals surface area contributed by atoms with E-state index in [0.29, 0.717) is 6.04 Å². The molecule has 0 aliphatic carbocycles. The van der Waals surface area contributed by atoms with Crippen LogP contribution in [0.1, 0.15) is 38.8 Å². The van der Waals surface area contributed by atoms with Crippen LogP contribution in [0.2, 0.25) is 0 Å². The fourth-order valence-electron chi connectivity index (χ4n) is 2.66. The number of carbonyl (C=O) groups excluding carboxylic acids is 1. The van der Waals surface area contributed by atoms with Crippen LogP contribution in [0.5, 0.6) is 0 Å². The molecule has 1 fully saturated rings. The summed E-state index contributed by atoms with van der Waals surface area (Å²) in [7, 11) is 0. The molecule has 1 aliphatic rings. The lowest BCUT2D eigenvalue weighted by Gasteiger charge is -2.32. The molecule has 5 heteroatoms. The molecule has 1 aromatic carbocycles. The molecule has 0 aromatic heterocycles. The quantitative estimate of drug-likeness (QED) is 0.845. The zero-order valence-corrected chi connectivity index (χ0v) is 14.3. The molecule has 0 spiro atoms. The number of ether oxygens (including phenoxy) is 1. The average molecular weight is 320 g/mol. The van der Waals surface area contributed by atoms with E-state index in [9.17, 15) is 9.90 Å². The summed E-state index contributed by atoms with van der Waals surface area (Å²) in [6, 6.07) is 8.28. The maximum Gasteiger partial charge on any atom is 0.226 e. The minimum atomic E-state index is -0.601. The van der Waals surface area contributed by atoms with Gasteiger partial charge in [0, 0.05) is 24.8 Å². The minimum absolute atomic E-state index is 0.0810. The van der Waals surface area contributed by atoms with Gasteiger partial charge in [-0.25, -0.2) is 0 Å². The zero-order chi connectivity index (χ0) is 16.8. The summed E-state index contributed by atoms with van der Waals surface area (Å²) in [6.07, 6.45) is -0.473. The predicted molar refractivity (Wildman–Crippen MR) is 91.3 cm³/mol. The Balaban J connectivity index is 1.90. The standard InChI is InChI=1S/C18H28N2O3/c1-13(2)17(21)12-18(22)19-16-6-4-15(5-7-16)14(3)20-8-10-23-11-9-20/h4-7,13-14,17,21H,8-12H2,1-3H3,(H,19,22). The second-order valence-electron chi connectivity index (χ2n) is 6.51. The third-order valence-corrected chi connectivity index (χ3v) is 4.43. The van der Waals surface area contributed by atoms with E-state index in [-0.39, 0.29) is 18.2 Å². The van der Waals surface area contributed by atoms with Gasteiger partial charge in [0.1, 0.15) is 0 Å². The number of hydrogen-bond acceptors (Lipinski definition) is 4. The van der Waals surface area contributed by atoms with Crippen molar-refractivity contribution in [3.8, 4) is 0 Å². The third-order valence-electron chi connectivity index (χ3n) is 4.43. The minimum Gasteiger partial charge on any atom is -0.392 e. The fourth-order valence-corrected chi connectivity index (χ4v) is 2.66. The van der Waals surface area contributed by atoms with Crippen LogP contribution in [0, 0.1) is 5.92 Å². The topological polar surface area (TPSA) is 61.8 Å². The van der Waals surface area contributed by atoms with Crippen molar-refractivity contribution in [2.45, 2.75) is 39.3 Å². The monoisotopic (exact) mass is 320 g/mol. The van der Waals surface area contributed by atoms with E-state index >= 15 is 0 Å². The van der Waals surface area contributed by atoms with E-state index in [4.69, 9.17) is 4.74 Å². The summed E-state index contributed by atoms with van der Waals surface area (Å²) in [5.74, 6) is -0.0716. The van der Waals surface area contributed by atoms with Crippen molar-refractivity contribution < 1.29 is 14.6 Å². The van der Waals surface area contributed by atoms with E-state index in [1.165, 1.54) is 5.56 Å². The van der Waals surface area contributed by atoms with Crippen LogP contribution in [-0.2, 0) is 9.53 Å². The maximum atomic E-state index is 11.9. The molecule has 2 rings (SSSR count). The first-order valence-corrected chi connectivity index (χ1v) is 8.37. The molecule has 1 amide bonds. The van der Waals surface area contributed by atoms with Crippen molar-refractivity contribution in [3.05, 3.63) is 29.8 Å². The number of hydrogen-bond donors (Lipinski definition) is 2. The van der Waals surface area contributed by atoms with E-state index in [2.05, 4.69) is 29.3 Å². The van der Waals surface area contributed by atoms with Crippen LogP contribution in [-0.4, -0.2) is 48.3 Å². The highest BCUT2D eigenvalue weighted by atomic mass is 16.5. The number of nitrogens with zero attached hydrogens (tertiary/aromatic N) is 1. The molecule has 1 heterocycles. The normalized spacial score (nSPS) is 18.7. The summed E-state index contributed by atoms with van der Waals surface area (Å²) >= 11 is 0. The molecule has 1 saturated heterocycles. The molecule has 0 bridgehead atoms. The summed E-state index contributed by atoms with van der Waals surface area (Å²) in [5, 5.41) is 12.6. The van der Waals surface area contributed by atoms with Crippen molar-refractivity contribution in [3.63, 3.8) is 0 Å². The number of anilines is 1. The highest BCUT2D eigenvalue weighted by molar-refractivity contribution is 5.91. The summed E-state index contributed by atoms with van der Waals surface area (Å²) < 4.78 is 5.39. The van der Waals surface area contributed by atoms with Gasteiger partial charge < -0.3 is 15.2 Å². The Kier molecular flexibility index (Phi) is 6.57. The molecule has 2 atom stereocenters. The molecule has 128 valence electrons. The smallest absolute Gasteiger partial charge is 0.226 e. The number of nitrogens with one attached hydrogen (secondary N) is 1. The van der Waals surface area contributed by atoms with Crippen LogP contribution >= 0.6 is 0 Å². The van der Waals surface area contributed by atoms with Crippen LogP contribution in [0.25, 0.3) is 0 Å². The van der Waals surface area contributed by atoms with Crippen LogP contribution in [0.3, 0.4) is 0 Å². The van der Waals surface area contributed by atoms with Crippen molar-refractivity contribution in [2.24, 2.45) is 5.92 Å². The SMILES string of the molecule is CC(C)C(O)CC(=O)Nc1ccc(C(C)N2CCOCC2)cc1. The first-order chi connectivity index (χ1) is 11.0. The zero-order valence-electron chi connectivity index (χ0n) is 14.3. The molecular weight excluding hydrogens is 292 g/mol. The maximum absolute atomic E-state index is 11.9. The van der Waals surface area contributed by atoms with E-state index in [1.54, 1.807) is 0 Å². The number of morpholine rings is 1. The number of amides is 1. The molecule has 1 aliphatic heterocycles. The lowest BCUT2D eigenvalue weighted by molar-refractivity contribution is -0.118. The Labute approximate surface area is 138 Å². The van der Waals surface area contributed by atoms with E-state index < -0.39 is 6.10 Å². The molecule has 2 N–H and O–H groups in total. The van der Waals surface area contributed by atoms with Gasteiger partial charge in [-0.05, 0) is 30.5 Å². The molecular formula is C18H28N2O3. The Morgan fingerprint density at radius 2 is 1.83 bits per heavy atom. The van der Waals surface area contributed by atoms with Crippen molar-refractivity contribution in [1.82, 2.24) is 4.90 Å². The van der Waals surface area contributed by atoms with Gasteiger partial charge in [-0.3, -0.25) is 9.69 Å². The molecule has 23 heavy (non-hydrogen) atoms. The van der Waals surface area contributed by atoms with E-state index in [1.807, 2.05) is 26.0 Å². The van der Waals surface area contributed by atoms with Crippen LogP contribution < -0.4 is 5.32 Å². The van der Waals surface area contributed by atoms with Gasteiger partial charge in [0.05, 0.1) is 25.7 Å². The highest BCUT2D eigenvalue weighted by Crippen LogP contribution is 2.22. The number of rotatable bonds is 6. The van der Waals surface area contributed by atoms with Gasteiger partial charge in [0.15, 0.2) is 0 Å². The van der Waals surface area contributed by atoms with E-state index in [0.717, 1.165) is 32.0 Å². The van der Waals surface area contributed by atoms with Crippen molar-refractivity contribution >= 4 is 11.6 Å². The average Bonchev–Trinajstić information content (AvgIpc) is 2.55. The summed E-state index contributed by atoms with van der Waals surface area (Å²) in [5.41, 5.74) is 2.00. The molecule has 2 unspecified atom stereocenters. The number of benzene rings is 1. The van der Waals surface area contributed by atoms with Gasteiger partial charge >= 0.3 is 0 Å². The first kappa shape index (κ1) is 17.9. The highest BCUT2D eigenvalue weighted by Gasteiger charge is 2.18. The number of carbonyl (C=O) groups is 1. The van der Waals surface area contributed by atoms with Gasteiger partial charge in [0.25, 0.3) is 0 Å². The lowest BCUT2D eigenvalue weighted by Crippen LogP contribution is -2.38.